The van der Waals surface area contributed by atoms with Crippen molar-refractivity contribution < 1.29 is 14.6 Å². The summed E-state index contributed by atoms with van der Waals surface area (Å²) in [5.74, 6) is 1.03. The molecule has 1 unspecified atom stereocenters. The number of aryl methyl sites for hydroxylation is 1. The lowest BCUT2D eigenvalue weighted by Crippen LogP contribution is -2.39. The van der Waals surface area contributed by atoms with E-state index in [1.807, 2.05) is 6.92 Å². The molecule has 0 radical (unpaired) electrons. The monoisotopic (exact) mass is 297 g/mol. The fourth-order valence-electron chi connectivity index (χ4n) is 2.23. The molecule has 0 bridgehead atoms. The van der Waals surface area contributed by atoms with Crippen LogP contribution in [-0.4, -0.2) is 30.3 Å². The predicted octanol–water partition coefficient (Wildman–Crippen LogP) is 2.30. The first-order chi connectivity index (χ1) is 9.60. The lowest BCUT2D eigenvalue weighted by Gasteiger charge is -2.17. The summed E-state index contributed by atoms with van der Waals surface area (Å²) in [5.41, 5.74) is 0.902. The van der Waals surface area contributed by atoms with E-state index in [1.165, 1.54) is 0 Å². The maximum atomic E-state index is 11.9. The van der Waals surface area contributed by atoms with Gasteiger partial charge in [0.05, 0.1) is 0 Å². The summed E-state index contributed by atoms with van der Waals surface area (Å²) in [4.78, 5) is 11.9. The molecular weight excluding hydrogens is 278 g/mol. The Hall–Kier alpha value is -1.26. The lowest BCUT2D eigenvalue weighted by atomic mass is 10.1. The van der Waals surface area contributed by atoms with Crippen LogP contribution in [0.1, 0.15) is 24.8 Å². The average Bonchev–Trinajstić information content (AvgIpc) is 3.21. The number of benzene rings is 1. The largest absolute Gasteiger partial charge is 0.484 e. The van der Waals surface area contributed by atoms with E-state index in [-0.39, 0.29) is 25.2 Å². The van der Waals surface area contributed by atoms with Crippen LogP contribution in [-0.2, 0) is 4.79 Å². The van der Waals surface area contributed by atoms with Crippen LogP contribution in [0.25, 0.3) is 0 Å². The third-order valence-corrected chi connectivity index (χ3v) is 3.71. The zero-order valence-electron chi connectivity index (χ0n) is 11.6. The van der Waals surface area contributed by atoms with Crippen LogP contribution >= 0.6 is 11.6 Å². The van der Waals surface area contributed by atoms with Crippen LogP contribution in [0.2, 0.25) is 5.02 Å². The first-order valence-corrected chi connectivity index (χ1v) is 7.27. The molecule has 2 rings (SSSR count). The van der Waals surface area contributed by atoms with Gasteiger partial charge in [-0.3, -0.25) is 4.79 Å². The summed E-state index contributed by atoms with van der Waals surface area (Å²) in [6, 6.07) is 5.37. The second kappa shape index (κ2) is 6.95. The van der Waals surface area contributed by atoms with Gasteiger partial charge in [0.2, 0.25) is 0 Å². The van der Waals surface area contributed by atoms with E-state index in [4.69, 9.17) is 21.4 Å². The molecule has 1 fully saturated rings. The van der Waals surface area contributed by atoms with Crippen molar-refractivity contribution in [1.29, 1.82) is 0 Å². The van der Waals surface area contributed by atoms with Crippen LogP contribution < -0.4 is 10.1 Å². The van der Waals surface area contributed by atoms with Gasteiger partial charge in [-0.25, -0.2) is 0 Å². The third-order valence-electron chi connectivity index (χ3n) is 3.47. The van der Waals surface area contributed by atoms with Crippen molar-refractivity contribution in [2.24, 2.45) is 5.92 Å². The summed E-state index contributed by atoms with van der Waals surface area (Å²) in [7, 11) is 0. The molecule has 0 spiro atoms. The average molecular weight is 298 g/mol. The number of hydrogen-bond acceptors (Lipinski definition) is 3. The number of carbonyl (C=O) groups is 1. The number of aliphatic hydroxyl groups excluding tert-OH is 1. The zero-order valence-corrected chi connectivity index (χ0v) is 12.3. The van der Waals surface area contributed by atoms with Gasteiger partial charge in [0.15, 0.2) is 6.61 Å². The maximum Gasteiger partial charge on any atom is 0.258 e. The van der Waals surface area contributed by atoms with E-state index in [1.54, 1.807) is 18.2 Å². The highest BCUT2D eigenvalue weighted by atomic mass is 35.5. The Morgan fingerprint density at radius 2 is 2.30 bits per heavy atom. The van der Waals surface area contributed by atoms with Crippen molar-refractivity contribution in [1.82, 2.24) is 5.32 Å². The molecule has 1 amide bonds. The van der Waals surface area contributed by atoms with Gasteiger partial charge in [-0.05, 0) is 55.9 Å². The van der Waals surface area contributed by atoms with E-state index in [0.717, 1.165) is 18.4 Å². The fourth-order valence-corrected chi connectivity index (χ4v) is 2.46. The second-order valence-corrected chi connectivity index (χ2v) is 5.66. The van der Waals surface area contributed by atoms with Crippen LogP contribution in [0.4, 0.5) is 0 Å². The first-order valence-electron chi connectivity index (χ1n) is 6.89. The van der Waals surface area contributed by atoms with Crippen molar-refractivity contribution >= 4 is 17.5 Å². The summed E-state index contributed by atoms with van der Waals surface area (Å²) < 4.78 is 5.50. The molecule has 110 valence electrons. The van der Waals surface area contributed by atoms with Crippen molar-refractivity contribution in [3.05, 3.63) is 28.8 Å². The van der Waals surface area contributed by atoms with E-state index in [2.05, 4.69) is 5.32 Å². The Morgan fingerprint density at radius 1 is 1.55 bits per heavy atom. The Bertz CT molecular complexity index is 474. The molecule has 1 saturated carbocycles. The molecule has 1 aliphatic rings. The number of carbonyl (C=O) groups excluding carboxylic acids is 1. The second-order valence-electron chi connectivity index (χ2n) is 5.22. The highest BCUT2D eigenvalue weighted by molar-refractivity contribution is 6.30. The standard InChI is InChI=1S/C15H20ClNO3/c1-10-8-12(16)4-5-14(10)20-9-15(19)17-13(6-7-18)11-2-3-11/h4-5,8,11,13,18H,2-3,6-7,9H2,1H3,(H,17,19). The molecule has 5 heteroatoms. The summed E-state index contributed by atoms with van der Waals surface area (Å²) in [6.45, 7) is 1.97. The van der Waals surface area contributed by atoms with E-state index in [9.17, 15) is 4.79 Å². The molecule has 1 aromatic carbocycles. The van der Waals surface area contributed by atoms with E-state index in [0.29, 0.717) is 23.1 Å². The van der Waals surface area contributed by atoms with E-state index >= 15 is 0 Å². The van der Waals surface area contributed by atoms with Crippen molar-refractivity contribution in [3.8, 4) is 5.75 Å². The number of aliphatic hydroxyl groups is 1. The minimum absolute atomic E-state index is 0.0167. The Kier molecular flexibility index (Phi) is 5.26. The van der Waals surface area contributed by atoms with Crippen molar-refractivity contribution in [3.63, 3.8) is 0 Å². The Balaban J connectivity index is 1.82. The topological polar surface area (TPSA) is 58.6 Å². The number of rotatable bonds is 7. The highest BCUT2D eigenvalue weighted by Gasteiger charge is 2.31. The number of halogens is 1. The van der Waals surface area contributed by atoms with Gasteiger partial charge < -0.3 is 15.2 Å². The van der Waals surface area contributed by atoms with Crippen LogP contribution in [0.5, 0.6) is 5.75 Å². The van der Waals surface area contributed by atoms with Gasteiger partial charge >= 0.3 is 0 Å². The molecule has 0 aliphatic heterocycles. The number of nitrogens with one attached hydrogen (secondary N) is 1. The number of ether oxygens (including phenoxy) is 1. The van der Waals surface area contributed by atoms with Gasteiger partial charge in [0.1, 0.15) is 5.75 Å². The van der Waals surface area contributed by atoms with Crippen LogP contribution in [0.15, 0.2) is 18.2 Å². The smallest absolute Gasteiger partial charge is 0.258 e. The minimum Gasteiger partial charge on any atom is -0.484 e. The van der Waals surface area contributed by atoms with Gasteiger partial charge in [-0.2, -0.15) is 0 Å². The fraction of sp³-hybridized carbons (Fsp3) is 0.533. The van der Waals surface area contributed by atoms with Crippen LogP contribution in [0.3, 0.4) is 0 Å². The molecule has 0 aromatic heterocycles. The molecule has 20 heavy (non-hydrogen) atoms. The molecule has 4 nitrogen and oxygen atoms in total. The van der Waals surface area contributed by atoms with Crippen molar-refractivity contribution in [2.75, 3.05) is 13.2 Å². The van der Waals surface area contributed by atoms with Gasteiger partial charge in [0.25, 0.3) is 5.91 Å². The minimum atomic E-state index is -0.148. The molecule has 0 saturated heterocycles. The van der Waals surface area contributed by atoms with Crippen molar-refractivity contribution in [2.45, 2.75) is 32.2 Å². The molecule has 2 N–H and O–H groups in total. The maximum absolute atomic E-state index is 11.9. The number of hydrogen-bond donors (Lipinski definition) is 2. The zero-order chi connectivity index (χ0) is 14.5. The quantitative estimate of drug-likeness (QED) is 0.812. The molecule has 1 aliphatic carbocycles. The first kappa shape index (κ1) is 15.1. The Morgan fingerprint density at radius 3 is 2.90 bits per heavy atom. The molecule has 0 heterocycles. The molecule has 1 aromatic rings. The summed E-state index contributed by atoms with van der Waals surface area (Å²) in [5, 5.41) is 12.6. The normalized spacial score (nSPS) is 15.8. The van der Waals surface area contributed by atoms with E-state index < -0.39 is 0 Å². The number of amides is 1. The van der Waals surface area contributed by atoms with Crippen LogP contribution in [0, 0.1) is 12.8 Å². The third kappa shape index (κ3) is 4.39. The summed E-state index contributed by atoms with van der Waals surface area (Å²) in [6.07, 6.45) is 2.86. The SMILES string of the molecule is Cc1cc(Cl)ccc1OCC(=O)NC(CCO)C1CC1. The molecule has 1 atom stereocenters. The van der Waals surface area contributed by atoms with Gasteiger partial charge in [-0.1, -0.05) is 11.6 Å². The lowest BCUT2D eigenvalue weighted by molar-refractivity contribution is -0.124. The Labute approximate surface area is 124 Å². The molecular formula is C15H20ClNO3. The summed E-state index contributed by atoms with van der Waals surface area (Å²) >= 11 is 5.87. The highest BCUT2D eigenvalue weighted by Crippen LogP contribution is 2.33. The van der Waals surface area contributed by atoms with Gasteiger partial charge in [-0.15, -0.1) is 0 Å². The predicted molar refractivity (Wildman–Crippen MR) is 78.0 cm³/mol. The van der Waals surface area contributed by atoms with Gasteiger partial charge in [0, 0.05) is 17.7 Å².